The number of amides is 4. The molecule has 0 bridgehead atoms. The van der Waals surface area contributed by atoms with Gasteiger partial charge in [-0.15, -0.1) is 0 Å². The van der Waals surface area contributed by atoms with Crippen molar-refractivity contribution < 1.29 is 63.9 Å². The molecule has 0 radical (unpaired) electrons. The molecule has 66 heavy (non-hydrogen) atoms. The van der Waals surface area contributed by atoms with Gasteiger partial charge in [0.2, 0.25) is 23.3 Å². The van der Waals surface area contributed by atoms with E-state index >= 15 is 0 Å². The third kappa shape index (κ3) is 18.0. The standard InChI is InChI=1S/C29H33N9O12.C12H19N3O/c30-29-37-23-22(25(44)38-29)33-15(12-32-23)11-31-14-3-1-13(2-4-14)24(43)36-18(28(49)50)6-9-20(40)34-16(26(45)46)5-8-19(39)35-17(27(47)48)7-10-21(41)42;1-9(2)15-12(16)11-6-4-10(5-7-11)8-14-13-3/h1-4,12,16-18,31H,5-11H2,(H,34,40)(H,35,39)(H,36,43)(H,41,42)(H,45,46)(H,47,48)(H,49,50)(H3,30,32,37,38,44);4-7,9,13-14H,8H2,1-3H3,(H,15,16). The van der Waals surface area contributed by atoms with Crippen molar-refractivity contribution in [2.24, 2.45) is 0 Å². The van der Waals surface area contributed by atoms with Crippen LogP contribution in [-0.2, 0) is 41.9 Å². The summed E-state index contributed by atoms with van der Waals surface area (Å²) in [4.78, 5) is 109. The number of benzene rings is 2. The predicted octanol–water partition coefficient (Wildman–Crippen LogP) is -0.0541. The SMILES string of the molecule is CNNCc1ccc(C(=O)NC(C)C)cc1.N=c1nc(O)c2nc(CNc3ccc(C(=O)NC(CCC(=O)NC(CCC(=O)NC(CCC(=O)O)C(=O)O)C(=O)O)C(=O)O)cc3)cnc2[nH]1. The van der Waals surface area contributed by atoms with Crippen LogP contribution < -0.4 is 43.1 Å². The van der Waals surface area contributed by atoms with Gasteiger partial charge in [0.25, 0.3) is 11.8 Å². The summed E-state index contributed by atoms with van der Waals surface area (Å²) in [7, 11) is 1.82. The molecule has 25 heteroatoms. The lowest BCUT2D eigenvalue weighted by Crippen LogP contribution is -2.45. The Labute approximate surface area is 375 Å². The number of fused-ring (bicyclic) bond motifs is 1. The van der Waals surface area contributed by atoms with E-state index in [4.69, 9.17) is 15.6 Å². The van der Waals surface area contributed by atoms with Crippen molar-refractivity contribution in [1.29, 1.82) is 5.41 Å². The molecule has 4 aromatic rings. The van der Waals surface area contributed by atoms with Gasteiger partial charge in [0.05, 0.1) is 18.4 Å². The van der Waals surface area contributed by atoms with Crippen molar-refractivity contribution >= 4 is 64.4 Å². The number of rotatable bonds is 24. The fourth-order valence-corrected chi connectivity index (χ4v) is 5.66. The molecule has 25 nitrogen and oxygen atoms in total. The van der Waals surface area contributed by atoms with Crippen LogP contribution in [-0.4, -0.2) is 124 Å². The number of anilines is 1. The highest BCUT2D eigenvalue weighted by Gasteiger charge is 2.26. The first-order chi connectivity index (χ1) is 31.3. The summed E-state index contributed by atoms with van der Waals surface area (Å²) in [5.74, 6) is -8.75. The van der Waals surface area contributed by atoms with E-state index in [-0.39, 0.29) is 40.8 Å². The molecule has 3 atom stereocenters. The number of nitrogens with zero attached hydrogens (tertiary/aromatic N) is 3. The van der Waals surface area contributed by atoms with Crippen LogP contribution in [0.5, 0.6) is 5.88 Å². The molecule has 2 aromatic heterocycles. The fourth-order valence-electron chi connectivity index (χ4n) is 5.66. The second-order valence-electron chi connectivity index (χ2n) is 14.6. The second kappa shape index (κ2) is 25.9. The van der Waals surface area contributed by atoms with E-state index in [2.05, 4.69) is 57.4 Å². The Balaban J connectivity index is 0.000000607. The summed E-state index contributed by atoms with van der Waals surface area (Å²) in [6.07, 6.45) is -1.41. The minimum atomic E-state index is -1.59. The van der Waals surface area contributed by atoms with Crippen molar-refractivity contribution in [2.75, 3.05) is 12.4 Å². The first-order valence-corrected chi connectivity index (χ1v) is 20.2. The summed E-state index contributed by atoms with van der Waals surface area (Å²) < 4.78 is 0. The summed E-state index contributed by atoms with van der Waals surface area (Å²) in [5, 5.41) is 66.7. The molecule has 4 rings (SSSR count). The van der Waals surface area contributed by atoms with Gasteiger partial charge in [-0.05, 0) is 82.1 Å². The van der Waals surface area contributed by atoms with Crippen molar-refractivity contribution in [3.05, 3.63) is 82.7 Å². The van der Waals surface area contributed by atoms with E-state index in [1.165, 1.54) is 30.5 Å². The van der Waals surface area contributed by atoms with Gasteiger partial charge < -0.3 is 57.1 Å². The van der Waals surface area contributed by atoms with Gasteiger partial charge in [-0.2, -0.15) is 4.98 Å². The van der Waals surface area contributed by atoms with Gasteiger partial charge >= 0.3 is 23.9 Å². The van der Waals surface area contributed by atoms with Gasteiger partial charge in [0, 0.05) is 48.7 Å². The summed E-state index contributed by atoms with van der Waals surface area (Å²) in [6.45, 7) is 4.80. The molecule has 0 spiro atoms. The number of aromatic hydroxyl groups is 1. The first-order valence-electron chi connectivity index (χ1n) is 20.2. The van der Waals surface area contributed by atoms with Gasteiger partial charge in [-0.3, -0.25) is 40.2 Å². The molecule has 0 aliphatic carbocycles. The van der Waals surface area contributed by atoms with E-state index in [0.717, 1.165) is 12.1 Å². The number of nitrogens with one attached hydrogen (secondary N) is 9. The number of aromatic amines is 1. The molecule has 0 fully saturated rings. The number of aromatic nitrogens is 4. The van der Waals surface area contributed by atoms with Crippen LogP contribution in [0.1, 0.15) is 84.3 Å². The van der Waals surface area contributed by atoms with Crippen LogP contribution in [0.3, 0.4) is 0 Å². The van der Waals surface area contributed by atoms with Gasteiger partial charge in [0.15, 0.2) is 11.2 Å². The molecular formula is C41H52N12O13. The normalized spacial score (nSPS) is 12.1. The Bertz CT molecular complexity index is 2410. The van der Waals surface area contributed by atoms with E-state index in [1.54, 1.807) is 0 Å². The number of hydrogen-bond donors (Lipinski definition) is 14. The highest BCUT2D eigenvalue weighted by atomic mass is 16.4. The lowest BCUT2D eigenvalue weighted by molar-refractivity contribution is -0.144. The molecule has 354 valence electrons. The Morgan fingerprint density at radius 1 is 0.667 bits per heavy atom. The molecule has 3 unspecified atom stereocenters. The number of H-pyrrole nitrogens is 1. The zero-order valence-corrected chi connectivity index (χ0v) is 36.0. The van der Waals surface area contributed by atoms with Crippen molar-refractivity contribution in [3.63, 3.8) is 0 Å². The second-order valence-corrected chi connectivity index (χ2v) is 14.6. The Hall–Kier alpha value is -8.06. The molecule has 2 aromatic carbocycles. The number of aliphatic carboxylic acids is 4. The monoisotopic (exact) mass is 920 g/mol. The lowest BCUT2D eigenvalue weighted by atomic mass is 10.1. The molecule has 2 heterocycles. The molecule has 14 N–H and O–H groups in total. The Morgan fingerprint density at radius 3 is 1.67 bits per heavy atom. The fraction of sp³-hybridized carbons (Fsp3) is 0.366. The van der Waals surface area contributed by atoms with Gasteiger partial charge in [-0.1, -0.05) is 12.1 Å². The molecular weight excluding hydrogens is 869 g/mol. The molecule has 0 saturated carbocycles. The van der Waals surface area contributed by atoms with E-state index in [9.17, 15) is 53.7 Å². The van der Waals surface area contributed by atoms with Crippen molar-refractivity contribution in [3.8, 4) is 5.88 Å². The predicted molar refractivity (Wildman–Crippen MR) is 231 cm³/mol. The molecule has 0 aliphatic rings. The summed E-state index contributed by atoms with van der Waals surface area (Å²) in [6, 6.07) is 8.99. The van der Waals surface area contributed by atoms with Crippen LogP contribution in [0.15, 0.2) is 54.7 Å². The average molecular weight is 921 g/mol. The van der Waals surface area contributed by atoms with Gasteiger partial charge in [-0.25, -0.2) is 24.4 Å². The average Bonchev–Trinajstić information content (AvgIpc) is 3.26. The van der Waals surface area contributed by atoms with Gasteiger partial charge in [0.1, 0.15) is 18.1 Å². The topological polar surface area (TPSA) is 400 Å². The quantitative estimate of drug-likeness (QED) is 0.0410. The summed E-state index contributed by atoms with van der Waals surface area (Å²) >= 11 is 0. The maximum Gasteiger partial charge on any atom is 0.326 e. The minimum Gasteiger partial charge on any atom is -0.492 e. The summed E-state index contributed by atoms with van der Waals surface area (Å²) in [5.41, 5.74) is 8.71. The largest absolute Gasteiger partial charge is 0.492 e. The van der Waals surface area contributed by atoms with E-state index < -0.39 is 104 Å². The third-order valence-electron chi connectivity index (χ3n) is 9.05. The van der Waals surface area contributed by atoms with Crippen molar-refractivity contribution in [2.45, 2.75) is 89.6 Å². The van der Waals surface area contributed by atoms with Crippen LogP contribution in [0.25, 0.3) is 11.2 Å². The Morgan fingerprint density at radius 2 is 1.17 bits per heavy atom. The van der Waals surface area contributed by atoms with Crippen LogP contribution in [0, 0.1) is 5.41 Å². The number of carboxylic acids is 4. The minimum absolute atomic E-state index is 0.0249. The molecule has 0 aliphatic heterocycles. The number of hydrogen-bond acceptors (Lipinski definition) is 16. The smallest absolute Gasteiger partial charge is 0.326 e. The molecule has 0 saturated heterocycles. The highest BCUT2D eigenvalue weighted by molar-refractivity contribution is 5.97. The first kappa shape index (κ1) is 52.3. The zero-order chi connectivity index (χ0) is 48.9. The number of carboxylic acid groups (broad SMARTS) is 4. The van der Waals surface area contributed by atoms with Crippen LogP contribution in [0.4, 0.5) is 5.69 Å². The molecule has 4 amide bonds. The maximum absolute atomic E-state index is 12.7. The number of carbonyl (C=O) groups excluding carboxylic acids is 4. The third-order valence-corrected chi connectivity index (χ3v) is 9.05. The maximum atomic E-state index is 12.7. The highest BCUT2D eigenvalue weighted by Crippen LogP contribution is 2.16. The van der Waals surface area contributed by atoms with E-state index in [1.807, 2.05) is 45.2 Å². The van der Waals surface area contributed by atoms with E-state index in [0.29, 0.717) is 16.9 Å². The lowest BCUT2D eigenvalue weighted by Gasteiger charge is -2.18. The number of carbonyl (C=O) groups is 8. The van der Waals surface area contributed by atoms with Crippen LogP contribution in [0.2, 0.25) is 0 Å². The van der Waals surface area contributed by atoms with Crippen molar-refractivity contribution in [1.82, 2.24) is 52.1 Å². The number of hydrazine groups is 1. The Kier molecular flexibility index (Phi) is 20.5. The van der Waals surface area contributed by atoms with Crippen LogP contribution >= 0.6 is 0 Å². The zero-order valence-electron chi connectivity index (χ0n) is 36.0.